The lowest BCUT2D eigenvalue weighted by Gasteiger charge is -2.39. The van der Waals surface area contributed by atoms with E-state index in [0.717, 1.165) is 19.5 Å². The van der Waals surface area contributed by atoms with Crippen LogP contribution in [-0.2, 0) is 0 Å². The van der Waals surface area contributed by atoms with Crippen molar-refractivity contribution in [3.63, 3.8) is 0 Å². The molecule has 0 spiro atoms. The fourth-order valence-corrected chi connectivity index (χ4v) is 4.79. The number of aromatic nitrogens is 4. The first-order valence-electron chi connectivity index (χ1n) is 13.1. The fourth-order valence-electron chi connectivity index (χ4n) is 4.79. The summed E-state index contributed by atoms with van der Waals surface area (Å²) in [5, 5.41) is 5.55. The molecule has 0 aliphatic carbocycles. The Morgan fingerprint density at radius 1 is 1.15 bits per heavy atom. The van der Waals surface area contributed by atoms with Gasteiger partial charge >= 0.3 is 12.1 Å². The number of carbonyl (C=O) groups is 2. The van der Waals surface area contributed by atoms with E-state index >= 15 is 0 Å². The van der Waals surface area contributed by atoms with Crippen LogP contribution in [0.3, 0.4) is 0 Å². The van der Waals surface area contributed by atoms with E-state index in [1.54, 1.807) is 4.90 Å². The third-order valence-electron chi connectivity index (χ3n) is 6.98. The van der Waals surface area contributed by atoms with Gasteiger partial charge in [-0.1, -0.05) is 6.92 Å². The average Bonchev–Trinajstić information content (AvgIpc) is 2.91. The molecule has 0 aromatic carbocycles. The molecule has 212 valence electrons. The maximum atomic E-state index is 14.9. The summed E-state index contributed by atoms with van der Waals surface area (Å²) in [6.07, 6.45) is 3.46. The SMILES string of the molecule is CCOc1cnc(NC(=O)N(C)[C@H]2CN(c3nccc(OC(=O)N[C@@H]4CCN(C)C[C@@H]4C)n3)CC[C@H]2F)cn1. The number of carbonyl (C=O) groups excluding carboxylic acids is 2. The van der Waals surface area contributed by atoms with Crippen molar-refractivity contribution in [3.8, 4) is 11.8 Å². The number of likely N-dealkylation sites (N-methyl/N-ethyl adjacent to an activating group) is 1. The Balaban J connectivity index is 1.35. The highest BCUT2D eigenvalue weighted by molar-refractivity contribution is 5.88. The molecule has 0 saturated carbocycles. The van der Waals surface area contributed by atoms with E-state index in [9.17, 15) is 14.0 Å². The van der Waals surface area contributed by atoms with Gasteiger partial charge in [-0.25, -0.2) is 28.9 Å². The van der Waals surface area contributed by atoms with E-state index in [-0.39, 0.29) is 36.7 Å². The number of anilines is 2. The molecule has 2 saturated heterocycles. The molecule has 2 N–H and O–H groups in total. The van der Waals surface area contributed by atoms with E-state index < -0.39 is 24.3 Å². The lowest BCUT2D eigenvalue weighted by Crippen LogP contribution is -2.55. The molecule has 39 heavy (non-hydrogen) atoms. The van der Waals surface area contributed by atoms with E-state index in [1.165, 1.54) is 36.6 Å². The van der Waals surface area contributed by atoms with E-state index in [4.69, 9.17) is 9.47 Å². The van der Waals surface area contributed by atoms with Crippen LogP contribution in [-0.4, -0.2) is 107 Å². The van der Waals surface area contributed by atoms with Crippen LogP contribution < -0.4 is 25.0 Å². The second-order valence-corrected chi connectivity index (χ2v) is 9.90. The predicted octanol–water partition coefficient (Wildman–Crippen LogP) is 2.17. The topological polar surface area (TPSA) is 138 Å². The highest BCUT2D eigenvalue weighted by Gasteiger charge is 2.35. The van der Waals surface area contributed by atoms with Gasteiger partial charge < -0.3 is 29.5 Å². The monoisotopic (exact) mass is 545 g/mol. The van der Waals surface area contributed by atoms with Gasteiger partial charge in [0.1, 0.15) is 6.17 Å². The molecule has 2 fully saturated rings. The standard InChI is InChI=1S/C25H36FN9O4/c1-5-38-22-13-28-20(12-29-22)31-24(36)34(4)19-15-35(11-7-17(19)26)23-27-9-6-21(32-23)39-25(37)30-18-8-10-33(3)14-16(18)2/h6,9,12-13,16-19H,5,7-8,10-11,14-15H2,1-4H3,(H,30,37)(H,28,31,36)/t16-,17+,18+,19-/m0/s1. The largest absolute Gasteiger partial charge is 0.477 e. The number of urea groups is 1. The van der Waals surface area contributed by atoms with E-state index in [1.807, 2.05) is 6.92 Å². The smallest absolute Gasteiger partial charge is 0.414 e. The van der Waals surface area contributed by atoms with Crippen molar-refractivity contribution in [2.75, 3.05) is 57.1 Å². The molecular formula is C25H36FN9O4. The number of rotatable bonds is 7. The molecule has 2 aromatic rings. The quantitative estimate of drug-likeness (QED) is 0.532. The summed E-state index contributed by atoms with van der Waals surface area (Å²) < 4.78 is 25.6. The Hall–Kier alpha value is -3.81. The van der Waals surface area contributed by atoms with Crippen molar-refractivity contribution in [2.45, 2.75) is 44.9 Å². The summed E-state index contributed by atoms with van der Waals surface area (Å²) in [6.45, 7) is 6.67. The number of nitrogens with one attached hydrogen (secondary N) is 2. The molecule has 0 bridgehead atoms. The minimum absolute atomic E-state index is 0.0228. The number of ether oxygens (including phenoxy) is 2. The van der Waals surface area contributed by atoms with Crippen LogP contribution in [0.5, 0.6) is 11.8 Å². The average molecular weight is 546 g/mol. The number of likely N-dealkylation sites (tertiary alicyclic amines) is 1. The van der Waals surface area contributed by atoms with Crippen molar-refractivity contribution in [2.24, 2.45) is 5.92 Å². The first kappa shape index (κ1) is 28.2. The number of amides is 3. The molecular weight excluding hydrogens is 509 g/mol. The predicted molar refractivity (Wildman–Crippen MR) is 142 cm³/mol. The van der Waals surface area contributed by atoms with Crippen LogP contribution in [0.25, 0.3) is 0 Å². The molecule has 3 amide bonds. The number of halogens is 1. The zero-order valence-electron chi connectivity index (χ0n) is 22.7. The Kier molecular flexibility index (Phi) is 9.28. The lowest BCUT2D eigenvalue weighted by atomic mass is 9.94. The summed E-state index contributed by atoms with van der Waals surface area (Å²) in [5.41, 5.74) is 0. The molecule has 13 nitrogen and oxygen atoms in total. The maximum Gasteiger partial charge on any atom is 0.414 e. The van der Waals surface area contributed by atoms with Crippen molar-refractivity contribution in [3.05, 3.63) is 24.7 Å². The molecule has 2 aliphatic rings. The van der Waals surface area contributed by atoms with Crippen LogP contribution in [0.15, 0.2) is 24.7 Å². The number of nitrogens with zero attached hydrogens (tertiary/aromatic N) is 7. The molecule has 4 rings (SSSR count). The van der Waals surface area contributed by atoms with Gasteiger partial charge in [-0.2, -0.15) is 4.98 Å². The summed E-state index contributed by atoms with van der Waals surface area (Å²) >= 11 is 0. The number of alkyl halides is 1. The third-order valence-corrected chi connectivity index (χ3v) is 6.98. The summed E-state index contributed by atoms with van der Waals surface area (Å²) in [5.74, 6) is 1.25. The Labute approximate surface area is 227 Å². The van der Waals surface area contributed by atoms with Gasteiger partial charge in [0, 0.05) is 45.0 Å². The van der Waals surface area contributed by atoms with Crippen LogP contribution in [0.1, 0.15) is 26.7 Å². The minimum Gasteiger partial charge on any atom is -0.477 e. The zero-order valence-corrected chi connectivity index (χ0v) is 22.7. The highest BCUT2D eigenvalue weighted by atomic mass is 19.1. The Morgan fingerprint density at radius 3 is 2.69 bits per heavy atom. The van der Waals surface area contributed by atoms with Gasteiger partial charge in [0.2, 0.25) is 17.7 Å². The van der Waals surface area contributed by atoms with Gasteiger partial charge in [-0.15, -0.1) is 0 Å². The van der Waals surface area contributed by atoms with Gasteiger partial charge in [0.25, 0.3) is 0 Å². The molecule has 2 aromatic heterocycles. The third kappa shape index (κ3) is 7.40. The first-order chi connectivity index (χ1) is 18.7. The molecule has 4 heterocycles. The van der Waals surface area contributed by atoms with Gasteiger partial charge in [-0.3, -0.25) is 5.32 Å². The van der Waals surface area contributed by atoms with Crippen molar-refractivity contribution in [1.29, 1.82) is 0 Å². The van der Waals surface area contributed by atoms with Crippen LogP contribution >= 0.6 is 0 Å². The Morgan fingerprint density at radius 2 is 1.97 bits per heavy atom. The van der Waals surface area contributed by atoms with Crippen LogP contribution in [0, 0.1) is 5.92 Å². The normalized spacial score (nSPS) is 23.6. The number of piperidine rings is 2. The zero-order chi connectivity index (χ0) is 27.9. The molecule has 0 radical (unpaired) electrons. The van der Waals surface area contributed by atoms with E-state index in [0.29, 0.717) is 24.9 Å². The van der Waals surface area contributed by atoms with Crippen LogP contribution in [0.4, 0.5) is 25.7 Å². The maximum absolute atomic E-state index is 14.9. The Bertz CT molecular complexity index is 1120. The van der Waals surface area contributed by atoms with E-state index in [2.05, 4.69) is 49.4 Å². The van der Waals surface area contributed by atoms with Gasteiger partial charge in [-0.05, 0) is 39.3 Å². The van der Waals surface area contributed by atoms with Crippen molar-refractivity contribution < 1.29 is 23.5 Å². The molecule has 2 aliphatic heterocycles. The number of hydrogen-bond acceptors (Lipinski definition) is 10. The van der Waals surface area contributed by atoms with Crippen molar-refractivity contribution >= 4 is 23.9 Å². The highest BCUT2D eigenvalue weighted by Crippen LogP contribution is 2.24. The molecule has 0 unspecified atom stereocenters. The summed E-state index contributed by atoms with van der Waals surface area (Å²) in [6, 6.07) is 0.227. The second kappa shape index (κ2) is 12.8. The second-order valence-electron chi connectivity index (χ2n) is 9.90. The summed E-state index contributed by atoms with van der Waals surface area (Å²) in [4.78, 5) is 47.5. The van der Waals surface area contributed by atoms with Gasteiger partial charge in [0.15, 0.2) is 5.82 Å². The number of hydrogen-bond donors (Lipinski definition) is 2. The minimum atomic E-state index is -1.25. The fraction of sp³-hybridized carbons (Fsp3) is 0.600. The molecule has 4 atom stereocenters. The molecule has 14 heteroatoms. The van der Waals surface area contributed by atoms with Crippen molar-refractivity contribution in [1.82, 2.24) is 35.1 Å². The lowest BCUT2D eigenvalue weighted by molar-refractivity contribution is 0.133. The summed E-state index contributed by atoms with van der Waals surface area (Å²) in [7, 11) is 3.58. The first-order valence-corrected chi connectivity index (χ1v) is 13.1. The van der Waals surface area contributed by atoms with Crippen LogP contribution in [0.2, 0.25) is 0 Å². The van der Waals surface area contributed by atoms with Gasteiger partial charge in [0.05, 0.1) is 25.0 Å².